The van der Waals surface area contributed by atoms with Gasteiger partial charge in [-0.05, 0) is 56.2 Å². The van der Waals surface area contributed by atoms with Crippen LogP contribution in [0.4, 0.5) is 10.1 Å². The van der Waals surface area contributed by atoms with Gasteiger partial charge in [-0.1, -0.05) is 29.8 Å². The molecule has 0 aliphatic carbocycles. The molecule has 0 unspecified atom stereocenters. The van der Waals surface area contributed by atoms with Crippen LogP contribution in [0, 0.1) is 12.7 Å². The molecule has 1 aliphatic heterocycles. The van der Waals surface area contributed by atoms with E-state index in [4.69, 9.17) is 4.52 Å². The van der Waals surface area contributed by atoms with Gasteiger partial charge < -0.3 is 9.84 Å². The highest BCUT2D eigenvalue weighted by atomic mass is 32.2. The minimum absolute atomic E-state index is 0.106. The standard InChI is InChI=1S/C25H23FN4O4S/c1-16-23-20(15-22(28-25(23)34-29-16)19-10-3-4-11-21(19)26)24(31)27-17-8-7-9-18(14-17)35(32,33)30-12-5-2-6-13-30/h3-4,7-11,14-15H,2,5-6,12-13H2,1H3,(H,27,31). The zero-order valence-corrected chi connectivity index (χ0v) is 19.8. The van der Waals surface area contributed by atoms with Gasteiger partial charge in [-0.25, -0.2) is 17.8 Å². The Morgan fingerprint density at radius 1 is 1.06 bits per heavy atom. The molecule has 35 heavy (non-hydrogen) atoms. The van der Waals surface area contributed by atoms with Crippen molar-refractivity contribution in [3.8, 4) is 11.3 Å². The summed E-state index contributed by atoms with van der Waals surface area (Å²) in [6.07, 6.45) is 2.67. The van der Waals surface area contributed by atoms with E-state index in [0.29, 0.717) is 29.9 Å². The molecule has 0 spiro atoms. The number of benzene rings is 2. The van der Waals surface area contributed by atoms with Crippen molar-refractivity contribution in [1.29, 1.82) is 0 Å². The van der Waals surface area contributed by atoms with Gasteiger partial charge in [0.2, 0.25) is 10.0 Å². The predicted octanol–water partition coefficient (Wildman–Crippen LogP) is 4.76. The fraction of sp³-hybridized carbons (Fsp3) is 0.240. The van der Waals surface area contributed by atoms with E-state index in [-0.39, 0.29) is 27.4 Å². The number of anilines is 1. The first-order valence-corrected chi connectivity index (χ1v) is 12.7. The molecule has 1 aliphatic rings. The van der Waals surface area contributed by atoms with Crippen LogP contribution < -0.4 is 5.32 Å². The third-order valence-corrected chi connectivity index (χ3v) is 7.95. The van der Waals surface area contributed by atoms with Crippen LogP contribution in [-0.2, 0) is 10.0 Å². The zero-order valence-electron chi connectivity index (χ0n) is 19.0. The molecule has 0 radical (unpaired) electrons. The summed E-state index contributed by atoms with van der Waals surface area (Å²) in [6.45, 7) is 2.65. The van der Waals surface area contributed by atoms with Gasteiger partial charge in [0.1, 0.15) is 5.82 Å². The summed E-state index contributed by atoms with van der Waals surface area (Å²) in [5.74, 6) is -1.01. The maximum atomic E-state index is 14.4. The number of aryl methyl sites for hydroxylation is 1. The van der Waals surface area contributed by atoms with Gasteiger partial charge in [-0.15, -0.1) is 0 Å². The molecule has 0 bridgehead atoms. The highest BCUT2D eigenvalue weighted by Crippen LogP contribution is 2.29. The van der Waals surface area contributed by atoms with Gasteiger partial charge in [-0.2, -0.15) is 4.31 Å². The summed E-state index contributed by atoms with van der Waals surface area (Å²) in [4.78, 5) is 17.8. The first-order valence-electron chi connectivity index (χ1n) is 11.3. The van der Waals surface area contributed by atoms with E-state index in [2.05, 4.69) is 15.5 Å². The number of sulfonamides is 1. The number of rotatable bonds is 5. The average Bonchev–Trinajstić information content (AvgIpc) is 3.25. The summed E-state index contributed by atoms with van der Waals surface area (Å²) in [6, 6.07) is 13.7. The largest absolute Gasteiger partial charge is 0.335 e. The maximum Gasteiger partial charge on any atom is 0.259 e. The molecule has 2 aromatic heterocycles. The van der Waals surface area contributed by atoms with E-state index in [1.807, 2.05) is 0 Å². The molecule has 8 nitrogen and oxygen atoms in total. The molecular weight excluding hydrogens is 471 g/mol. The Bertz CT molecular complexity index is 1530. The summed E-state index contributed by atoms with van der Waals surface area (Å²) in [5, 5.41) is 7.07. The Kier molecular flexibility index (Phi) is 6.08. The summed E-state index contributed by atoms with van der Waals surface area (Å²) < 4.78 is 47.3. The number of nitrogens with zero attached hydrogens (tertiary/aromatic N) is 3. The van der Waals surface area contributed by atoms with Crippen molar-refractivity contribution in [1.82, 2.24) is 14.4 Å². The van der Waals surface area contributed by atoms with Crippen molar-refractivity contribution in [3.63, 3.8) is 0 Å². The maximum absolute atomic E-state index is 14.4. The van der Waals surface area contributed by atoms with Crippen molar-refractivity contribution in [2.45, 2.75) is 31.1 Å². The number of halogens is 1. The van der Waals surface area contributed by atoms with Crippen LogP contribution in [0.3, 0.4) is 0 Å². The van der Waals surface area contributed by atoms with Gasteiger partial charge in [0, 0.05) is 24.3 Å². The Morgan fingerprint density at radius 3 is 2.60 bits per heavy atom. The lowest BCUT2D eigenvalue weighted by Crippen LogP contribution is -2.35. The summed E-state index contributed by atoms with van der Waals surface area (Å²) in [5.41, 5.74) is 1.51. The molecule has 1 fully saturated rings. The fourth-order valence-corrected chi connectivity index (χ4v) is 5.83. The quantitative estimate of drug-likeness (QED) is 0.429. The van der Waals surface area contributed by atoms with Crippen molar-refractivity contribution in [3.05, 3.63) is 71.7 Å². The van der Waals surface area contributed by atoms with E-state index >= 15 is 0 Å². The molecule has 0 atom stereocenters. The topological polar surface area (TPSA) is 105 Å². The van der Waals surface area contributed by atoms with Crippen molar-refractivity contribution in [2.24, 2.45) is 0 Å². The van der Waals surface area contributed by atoms with Crippen molar-refractivity contribution in [2.75, 3.05) is 18.4 Å². The zero-order chi connectivity index (χ0) is 24.6. The second-order valence-corrected chi connectivity index (χ2v) is 10.4. The van der Waals surface area contributed by atoms with Crippen LogP contribution in [0.15, 0.2) is 64.0 Å². The lowest BCUT2D eigenvalue weighted by atomic mass is 10.0. The van der Waals surface area contributed by atoms with Crippen LogP contribution in [-0.4, -0.2) is 41.9 Å². The lowest BCUT2D eigenvalue weighted by molar-refractivity contribution is 0.102. The predicted molar refractivity (Wildman–Crippen MR) is 129 cm³/mol. The number of pyridine rings is 1. The number of amides is 1. The van der Waals surface area contributed by atoms with E-state index < -0.39 is 21.7 Å². The summed E-state index contributed by atoms with van der Waals surface area (Å²) >= 11 is 0. The number of nitrogens with one attached hydrogen (secondary N) is 1. The molecule has 3 heterocycles. The molecule has 5 rings (SSSR count). The van der Waals surface area contributed by atoms with Crippen LogP contribution in [0.2, 0.25) is 0 Å². The highest BCUT2D eigenvalue weighted by molar-refractivity contribution is 7.89. The third-order valence-electron chi connectivity index (χ3n) is 6.06. The van der Waals surface area contributed by atoms with Gasteiger partial charge in [0.25, 0.3) is 11.6 Å². The fourth-order valence-electron chi connectivity index (χ4n) is 4.27. The van der Waals surface area contributed by atoms with Gasteiger partial charge in [0.15, 0.2) is 0 Å². The van der Waals surface area contributed by atoms with E-state index in [1.54, 1.807) is 37.3 Å². The van der Waals surface area contributed by atoms with Crippen molar-refractivity contribution >= 4 is 32.7 Å². The van der Waals surface area contributed by atoms with Gasteiger partial charge in [-0.3, -0.25) is 4.79 Å². The minimum atomic E-state index is -3.66. The molecule has 4 aromatic rings. The van der Waals surface area contributed by atoms with Crippen LogP contribution >= 0.6 is 0 Å². The molecule has 10 heteroatoms. The molecule has 1 N–H and O–H groups in total. The van der Waals surface area contributed by atoms with Crippen molar-refractivity contribution < 1.29 is 22.1 Å². The number of hydrogen-bond donors (Lipinski definition) is 1. The molecule has 180 valence electrons. The number of aromatic nitrogens is 2. The van der Waals surface area contributed by atoms with Crippen LogP contribution in [0.25, 0.3) is 22.4 Å². The number of piperidine rings is 1. The number of carbonyl (C=O) groups excluding carboxylic acids is 1. The number of carbonyl (C=O) groups is 1. The smallest absolute Gasteiger partial charge is 0.259 e. The SMILES string of the molecule is Cc1noc2nc(-c3ccccc3F)cc(C(=O)Nc3cccc(S(=O)(=O)N4CCCCC4)c3)c12. The Morgan fingerprint density at radius 2 is 1.83 bits per heavy atom. The molecule has 1 saturated heterocycles. The second kappa shape index (κ2) is 9.20. The highest BCUT2D eigenvalue weighted by Gasteiger charge is 2.26. The second-order valence-electron chi connectivity index (χ2n) is 8.43. The molecular formula is C25H23FN4O4S. The van der Waals surface area contributed by atoms with E-state index in [0.717, 1.165) is 19.3 Å². The number of hydrogen-bond acceptors (Lipinski definition) is 6. The lowest BCUT2D eigenvalue weighted by Gasteiger charge is -2.26. The molecule has 0 saturated carbocycles. The first kappa shape index (κ1) is 23.1. The third kappa shape index (κ3) is 4.42. The minimum Gasteiger partial charge on any atom is -0.335 e. The molecule has 1 amide bonds. The average molecular weight is 495 g/mol. The Hall–Kier alpha value is -3.63. The first-order chi connectivity index (χ1) is 16.8. The van der Waals surface area contributed by atoms with Gasteiger partial charge in [0.05, 0.1) is 27.2 Å². The normalized spacial score (nSPS) is 14.8. The van der Waals surface area contributed by atoms with Gasteiger partial charge >= 0.3 is 0 Å². The Balaban J connectivity index is 1.50. The monoisotopic (exact) mass is 494 g/mol. The van der Waals surface area contributed by atoms with Crippen LogP contribution in [0.5, 0.6) is 0 Å². The Labute approximate surface area is 201 Å². The van der Waals surface area contributed by atoms with E-state index in [9.17, 15) is 17.6 Å². The number of fused-ring (bicyclic) bond motifs is 1. The van der Waals surface area contributed by atoms with E-state index in [1.165, 1.54) is 28.6 Å². The molecule has 2 aromatic carbocycles. The van der Waals surface area contributed by atoms with Crippen LogP contribution in [0.1, 0.15) is 35.3 Å². The summed E-state index contributed by atoms with van der Waals surface area (Å²) in [7, 11) is -3.66.